The van der Waals surface area contributed by atoms with Crippen molar-refractivity contribution in [2.24, 2.45) is 0 Å². The molecule has 0 spiro atoms. The van der Waals surface area contributed by atoms with Gasteiger partial charge in [-0.3, -0.25) is 9.59 Å². The number of esters is 1. The lowest BCUT2D eigenvalue weighted by atomic mass is 10.0. The Hall–Kier alpha value is -1.66. The Morgan fingerprint density at radius 1 is 0.364 bits per heavy atom. The number of aliphatic hydroxyl groups is 2. The number of hydrogen-bond donors (Lipinski definition) is 3. The second-order valence-corrected chi connectivity index (χ2v) is 24.2. The van der Waals surface area contributed by atoms with Crippen LogP contribution in [-0.2, 0) is 14.3 Å². The van der Waals surface area contributed by atoms with E-state index in [1.54, 1.807) is 0 Å². The molecule has 77 heavy (non-hydrogen) atoms. The number of unbranched alkanes of at least 4 members (excludes halogenated alkanes) is 51. The summed E-state index contributed by atoms with van der Waals surface area (Å²) in [5, 5.41) is 23.2. The van der Waals surface area contributed by atoms with Crippen LogP contribution in [0.3, 0.4) is 0 Å². The molecule has 0 rings (SSSR count). The highest BCUT2D eigenvalue weighted by molar-refractivity contribution is 5.76. The maximum atomic E-state index is 12.4. The van der Waals surface area contributed by atoms with Crippen LogP contribution < -0.4 is 5.32 Å². The first-order valence-corrected chi connectivity index (χ1v) is 35.1. The van der Waals surface area contributed by atoms with Gasteiger partial charge in [0.15, 0.2) is 0 Å². The number of carbonyl (C=O) groups excluding carboxylic acids is 2. The lowest BCUT2D eigenvalue weighted by Gasteiger charge is -2.22. The summed E-state index contributed by atoms with van der Waals surface area (Å²) in [6, 6.07) is -0.534. The number of amides is 1. The third-order valence-corrected chi connectivity index (χ3v) is 16.5. The van der Waals surface area contributed by atoms with Crippen LogP contribution in [0, 0.1) is 0 Å². The fourth-order valence-corrected chi connectivity index (χ4v) is 11.2. The summed E-state index contributed by atoms with van der Waals surface area (Å²) in [6.07, 6.45) is 84.0. The van der Waals surface area contributed by atoms with Gasteiger partial charge in [0.2, 0.25) is 5.91 Å². The highest BCUT2D eigenvalue weighted by Crippen LogP contribution is 2.19. The molecule has 0 aliphatic carbocycles. The van der Waals surface area contributed by atoms with Gasteiger partial charge in [0.25, 0.3) is 0 Å². The Morgan fingerprint density at radius 3 is 1.04 bits per heavy atom. The molecule has 0 aromatic rings. The van der Waals surface area contributed by atoms with E-state index in [0.29, 0.717) is 25.9 Å². The largest absolute Gasteiger partial charge is 0.466 e. The minimum absolute atomic E-state index is 0.00824. The summed E-state index contributed by atoms with van der Waals surface area (Å²) in [5.41, 5.74) is 0. The van der Waals surface area contributed by atoms with E-state index in [2.05, 4.69) is 43.5 Å². The molecule has 3 N–H and O–H groups in total. The third kappa shape index (κ3) is 63.4. The minimum Gasteiger partial charge on any atom is -0.466 e. The van der Waals surface area contributed by atoms with E-state index >= 15 is 0 Å². The Balaban J connectivity index is 3.27. The molecule has 0 bridgehead atoms. The van der Waals surface area contributed by atoms with Gasteiger partial charge >= 0.3 is 5.97 Å². The van der Waals surface area contributed by atoms with Crippen LogP contribution in [0.1, 0.15) is 393 Å². The quantitative estimate of drug-likeness (QED) is 0.0320. The number of rotatable bonds is 66. The van der Waals surface area contributed by atoms with Crippen LogP contribution in [-0.4, -0.2) is 47.4 Å². The molecule has 0 saturated heterocycles. The standard InChI is InChI=1S/C71H137NO5/c1-3-5-7-9-11-13-15-41-45-49-53-57-61-65-71(76)77-66-62-58-54-50-46-43-40-38-36-34-32-30-28-26-24-22-20-18-16-17-19-21-23-25-27-29-31-33-35-37-39-42-44-48-52-56-60-64-70(75)72-68(67-73)69(74)63-59-55-51-47-14-12-10-8-6-4-2/h7,9,13,15,68-69,73-74H,3-6,8,10-12,14,16-67H2,1-2H3,(H,72,75)/b9-7-,15-13-. The zero-order valence-corrected chi connectivity index (χ0v) is 52.2. The van der Waals surface area contributed by atoms with Crippen molar-refractivity contribution in [3.05, 3.63) is 24.3 Å². The molecular weight excluding hydrogens is 947 g/mol. The van der Waals surface area contributed by atoms with Crippen LogP contribution >= 0.6 is 0 Å². The Kier molecular flexibility index (Phi) is 65.4. The van der Waals surface area contributed by atoms with Gasteiger partial charge in [0, 0.05) is 12.8 Å². The van der Waals surface area contributed by atoms with Crippen LogP contribution in [0.2, 0.25) is 0 Å². The number of nitrogens with one attached hydrogen (secondary N) is 1. The van der Waals surface area contributed by atoms with E-state index in [-0.39, 0.29) is 18.5 Å². The van der Waals surface area contributed by atoms with E-state index in [1.807, 2.05) is 0 Å². The molecule has 1 amide bonds. The van der Waals surface area contributed by atoms with E-state index in [0.717, 1.165) is 51.4 Å². The maximum absolute atomic E-state index is 12.4. The minimum atomic E-state index is -0.657. The van der Waals surface area contributed by atoms with Crippen LogP contribution in [0.5, 0.6) is 0 Å². The molecule has 0 saturated carbocycles. The molecule has 0 radical (unpaired) electrons. The Bertz CT molecular complexity index is 1200. The van der Waals surface area contributed by atoms with Gasteiger partial charge in [-0.25, -0.2) is 0 Å². The van der Waals surface area contributed by atoms with E-state index in [1.165, 1.54) is 308 Å². The number of ether oxygens (including phenoxy) is 1. The van der Waals surface area contributed by atoms with Crippen molar-refractivity contribution in [1.82, 2.24) is 5.32 Å². The normalized spacial score (nSPS) is 12.6. The second-order valence-electron chi connectivity index (χ2n) is 24.2. The second kappa shape index (κ2) is 66.8. The van der Waals surface area contributed by atoms with E-state index < -0.39 is 12.1 Å². The molecule has 2 unspecified atom stereocenters. The van der Waals surface area contributed by atoms with Crippen molar-refractivity contribution >= 4 is 11.9 Å². The molecular formula is C71H137NO5. The number of carbonyl (C=O) groups is 2. The fourth-order valence-electron chi connectivity index (χ4n) is 11.2. The summed E-state index contributed by atoms with van der Waals surface area (Å²) in [6.45, 7) is 4.90. The number of aliphatic hydroxyl groups excluding tert-OH is 2. The summed E-state index contributed by atoms with van der Waals surface area (Å²) in [5.74, 6) is -0.0208. The first-order valence-electron chi connectivity index (χ1n) is 35.1. The third-order valence-electron chi connectivity index (χ3n) is 16.5. The molecule has 0 fully saturated rings. The van der Waals surface area contributed by atoms with Gasteiger partial charge in [0.1, 0.15) is 0 Å². The summed E-state index contributed by atoms with van der Waals surface area (Å²) < 4.78 is 5.48. The topological polar surface area (TPSA) is 95.9 Å². The van der Waals surface area contributed by atoms with Crippen molar-refractivity contribution in [1.29, 1.82) is 0 Å². The molecule has 0 aromatic heterocycles. The molecule has 456 valence electrons. The van der Waals surface area contributed by atoms with Gasteiger partial charge < -0.3 is 20.3 Å². The lowest BCUT2D eigenvalue weighted by molar-refractivity contribution is -0.143. The predicted molar refractivity (Wildman–Crippen MR) is 338 cm³/mol. The smallest absolute Gasteiger partial charge is 0.305 e. The average molecular weight is 1080 g/mol. The van der Waals surface area contributed by atoms with Crippen molar-refractivity contribution < 1.29 is 24.5 Å². The van der Waals surface area contributed by atoms with Crippen LogP contribution in [0.15, 0.2) is 24.3 Å². The summed E-state index contributed by atoms with van der Waals surface area (Å²) >= 11 is 0. The fraction of sp³-hybridized carbons (Fsp3) is 0.915. The first-order chi connectivity index (χ1) is 38.0. The zero-order chi connectivity index (χ0) is 55.7. The molecule has 0 aliphatic rings. The van der Waals surface area contributed by atoms with Crippen molar-refractivity contribution in [2.75, 3.05) is 13.2 Å². The molecule has 0 aliphatic heterocycles. The van der Waals surface area contributed by atoms with Crippen molar-refractivity contribution in [2.45, 2.75) is 405 Å². The highest BCUT2D eigenvalue weighted by atomic mass is 16.5. The Labute approximate surface area is 481 Å². The monoisotopic (exact) mass is 1080 g/mol. The lowest BCUT2D eigenvalue weighted by Crippen LogP contribution is -2.45. The Morgan fingerprint density at radius 2 is 0.675 bits per heavy atom. The molecule has 2 atom stereocenters. The van der Waals surface area contributed by atoms with Crippen molar-refractivity contribution in [3.8, 4) is 0 Å². The highest BCUT2D eigenvalue weighted by Gasteiger charge is 2.20. The number of hydrogen-bond acceptors (Lipinski definition) is 5. The van der Waals surface area contributed by atoms with Gasteiger partial charge in [-0.1, -0.05) is 353 Å². The average Bonchev–Trinajstić information content (AvgIpc) is 3.43. The summed E-state index contributed by atoms with van der Waals surface area (Å²) in [7, 11) is 0. The molecule has 6 nitrogen and oxygen atoms in total. The molecule has 0 aromatic carbocycles. The first kappa shape index (κ1) is 75.3. The van der Waals surface area contributed by atoms with Crippen LogP contribution in [0.4, 0.5) is 0 Å². The van der Waals surface area contributed by atoms with Gasteiger partial charge in [-0.15, -0.1) is 0 Å². The van der Waals surface area contributed by atoms with Gasteiger partial charge in [-0.2, -0.15) is 0 Å². The van der Waals surface area contributed by atoms with Crippen LogP contribution in [0.25, 0.3) is 0 Å². The van der Waals surface area contributed by atoms with E-state index in [9.17, 15) is 19.8 Å². The number of allylic oxidation sites excluding steroid dienone is 4. The zero-order valence-electron chi connectivity index (χ0n) is 52.2. The maximum Gasteiger partial charge on any atom is 0.305 e. The molecule has 0 heterocycles. The SMILES string of the molecule is CCC/C=C\C/C=C\CCCCCCCC(=O)OCCCCCCCCCCCCCCCCCCCCCCCCCCCCCCCCCCCCCCCC(=O)NC(CO)C(O)CCCCCCCCCCCC. The predicted octanol–water partition coefficient (Wildman–Crippen LogP) is 22.5. The summed E-state index contributed by atoms with van der Waals surface area (Å²) in [4.78, 5) is 24.5. The van der Waals surface area contributed by atoms with Crippen molar-refractivity contribution in [3.63, 3.8) is 0 Å². The van der Waals surface area contributed by atoms with E-state index in [4.69, 9.17) is 4.74 Å². The van der Waals surface area contributed by atoms with Gasteiger partial charge in [-0.05, 0) is 51.4 Å². The molecule has 6 heteroatoms. The van der Waals surface area contributed by atoms with Gasteiger partial charge in [0.05, 0.1) is 25.4 Å².